The molecule has 0 radical (unpaired) electrons. The van der Waals surface area contributed by atoms with E-state index >= 15 is 0 Å². The fourth-order valence-electron chi connectivity index (χ4n) is 4.85. The van der Waals surface area contributed by atoms with E-state index in [2.05, 4.69) is 29.3 Å². The SMILES string of the molecule is CC(c1ccccc1)N1CCC(NC(=O)C2CCN(C(=O)c3ccc(C(F)(F)F)cc3)CC2)C1. The summed E-state index contributed by atoms with van der Waals surface area (Å²) in [5.74, 6) is -0.424. The van der Waals surface area contributed by atoms with Gasteiger partial charge in [0, 0.05) is 49.7 Å². The first-order valence-corrected chi connectivity index (χ1v) is 11.8. The number of carbonyl (C=O) groups is 2. The summed E-state index contributed by atoms with van der Waals surface area (Å²) in [6, 6.07) is 15.0. The van der Waals surface area contributed by atoms with Crippen LogP contribution in [0.3, 0.4) is 0 Å². The van der Waals surface area contributed by atoms with Crippen LogP contribution in [0.25, 0.3) is 0 Å². The molecular weight excluding hydrogens is 443 g/mol. The van der Waals surface area contributed by atoms with Crippen LogP contribution in [0.15, 0.2) is 54.6 Å². The van der Waals surface area contributed by atoms with Gasteiger partial charge in [-0.05, 0) is 56.0 Å². The Morgan fingerprint density at radius 1 is 0.941 bits per heavy atom. The number of alkyl halides is 3. The number of halogens is 3. The standard InChI is InChI=1S/C26H30F3N3O2/c1-18(19-5-3-2-4-6-19)32-16-13-23(17-32)30-24(33)20-11-14-31(15-12-20)25(34)21-7-9-22(10-8-21)26(27,28)29/h2-10,18,20,23H,11-17H2,1H3,(H,30,33). The van der Waals surface area contributed by atoms with Crippen LogP contribution >= 0.6 is 0 Å². The molecule has 5 nitrogen and oxygen atoms in total. The van der Waals surface area contributed by atoms with Crippen molar-refractivity contribution in [2.45, 2.75) is 44.4 Å². The van der Waals surface area contributed by atoms with Crippen LogP contribution in [0.1, 0.15) is 53.7 Å². The number of piperidine rings is 1. The molecule has 0 spiro atoms. The van der Waals surface area contributed by atoms with Crippen molar-refractivity contribution in [3.8, 4) is 0 Å². The highest BCUT2D eigenvalue weighted by atomic mass is 19.4. The summed E-state index contributed by atoms with van der Waals surface area (Å²) in [6.45, 7) is 4.76. The molecule has 2 aromatic rings. The van der Waals surface area contributed by atoms with Crippen LogP contribution in [0.4, 0.5) is 13.2 Å². The van der Waals surface area contributed by atoms with E-state index in [9.17, 15) is 22.8 Å². The predicted molar refractivity (Wildman–Crippen MR) is 123 cm³/mol. The predicted octanol–water partition coefficient (Wildman–Crippen LogP) is 4.51. The summed E-state index contributed by atoms with van der Waals surface area (Å²) in [6.07, 6.45) is -2.42. The maximum atomic E-state index is 12.8. The van der Waals surface area contributed by atoms with Crippen molar-refractivity contribution in [3.63, 3.8) is 0 Å². The molecule has 2 atom stereocenters. The van der Waals surface area contributed by atoms with Gasteiger partial charge >= 0.3 is 6.18 Å². The quantitative estimate of drug-likeness (QED) is 0.695. The Kier molecular flexibility index (Phi) is 7.26. The largest absolute Gasteiger partial charge is 0.416 e. The molecule has 2 heterocycles. The summed E-state index contributed by atoms with van der Waals surface area (Å²) < 4.78 is 38.2. The zero-order valence-electron chi connectivity index (χ0n) is 19.2. The topological polar surface area (TPSA) is 52.7 Å². The average molecular weight is 474 g/mol. The van der Waals surface area contributed by atoms with Crippen LogP contribution in [0, 0.1) is 5.92 Å². The molecule has 2 aliphatic rings. The van der Waals surface area contributed by atoms with E-state index in [-0.39, 0.29) is 29.3 Å². The Balaban J connectivity index is 1.24. The van der Waals surface area contributed by atoms with Gasteiger partial charge in [0.2, 0.25) is 5.91 Å². The molecule has 2 aliphatic heterocycles. The smallest absolute Gasteiger partial charge is 0.352 e. The number of nitrogens with zero attached hydrogens (tertiary/aromatic N) is 2. The van der Waals surface area contributed by atoms with Crippen LogP contribution in [-0.4, -0.2) is 53.8 Å². The first-order valence-electron chi connectivity index (χ1n) is 11.8. The summed E-state index contributed by atoms with van der Waals surface area (Å²) in [5.41, 5.74) is 0.720. The molecule has 2 aromatic carbocycles. The van der Waals surface area contributed by atoms with Gasteiger partial charge in [0.15, 0.2) is 0 Å². The first-order chi connectivity index (χ1) is 16.2. The molecule has 34 heavy (non-hydrogen) atoms. The Labute approximate surface area is 197 Å². The third kappa shape index (κ3) is 5.60. The summed E-state index contributed by atoms with van der Waals surface area (Å²) >= 11 is 0. The van der Waals surface area contributed by atoms with Crippen molar-refractivity contribution >= 4 is 11.8 Å². The molecule has 0 saturated carbocycles. The lowest BCUT2D eigenvalue weighted by atomic mass is 9.95. The van der Waals surface area contributed by atoms with Crippen molar-refractivity contribution in [1.29, 1.82) is 0 Å². The highest BCUT2D eigenvalue weighted by Gasteiger charge is 2.33. The van der Waals surface area contributed by atoms with Gasteiger partial charge < -0.3 is 10.2 Å². The highest BCUT2D eigenvalue weighted by molar-refractivity contribution is 5.94. The highest BCUT2D eigenvalue weighted by Crippen LogP contribution is 2.30. The molecule has 182 valence electrons. The van der Waals surface area contributed by atoms with Crippen LogP contribution in [-0.2, 0) is 11.0 Å². The monoisotopic (exact) mass is 473 g/mol. The summed E-state index contributed by atoms with van der Waals surface area (Å²) in [4.78, 5) is 29.5. The minimum absolute atomic E-state index is 0.0286. The number of hydrogen-bond donors (Lipinski definition) is 1. The van der Waals surface area contributed by atoms with E-state index in [1.807, 2.05) is 18.2 Å². The van der Waals surface area contributed by atoms with Crippen LogP contribution in [0.2, 0.25) is 0 Å². The molecule has 4 rings (SSSR count). The number of nitrogens with one attached hydrogen (secondary N) is 1. The molecule has 0 bridgehead atoms. The van der Waals surface area contributed by atoms with Crippen molar-refractivity contribution in [1.82, 2.24) is 15.1 Å². The Bertz CT molecular complexity index is 987. The normalized spacial score (nSPS) is 20.8. The van der Waals surface area contributed by atoms with Crippen molar-refractivity contribution in [3.05, 3.63) is 71.3 Å². The number of hydrogen-bond acceptors (Lipinski definition) is 3. The molecule has 2 unspecified atom stereocenters. The minimum atomic E-state index is -4.43. The summed E-state index contributed by atoms with van der Waals surface area (Å²) in [7, 11) is 0. The number of amides is 2. The number of benzene rings is 2. The van der Waals surface area contributed by atoms with Gasteiger partial charge in [-0.15, -0.1) is 0 Å². The van der Waals surface area contributed by atoms with Gasteiger partial charge in [-0.25, -0.2) is 0 Å². The van der Waals surface area contributed by atoms with Gasteiger partial charge in [-0.1, -0.05) is 30.3 Å². The van der Waals surface area contributed by atoms with Crippen LogP contribution < -0.4 is 5.32 Å². The number of likely N-dealkylation sites (tertiary alicyclic amines) is 2. The average Bonchev–Trinajstić information content (AvgIpc) is 3.31. The maximum absolute atomic E-state index is 12.8. The van der Waals surface area contributed by atoms with Gasteiger partial charge in [-0.3, -0.25) is 14.5 Å². The molecule has 0 aliphatic carbocycles. The second-order valence-corrected chi connectivity index (χ2v) is 9.22. The molecular formula is C26H30F3N3O2. The zero-order valence-corrected chi connectivity index (χ0v) is 19.2. The fourth-order valence-corrected chi connectivity index (χ4v) is 4.85. The maximum Gasteiger partial charge on any atom is 0.416 e. The second-order valence-electron chi connectivity index (χ2n) is 9.22. The van der Waals surface area contributed by atoms with E-state index in [1.54, 1.807) is 4.90 Å². The van der Waals surface area contributed by atoms with E-state index in [1.165, 1.54) is 17.7 Å². The summed E-state index contributed by atoms with van der Waals surface area (Å²) in [5, 5.41) is 3.19. The van der Waals surface area contributed by atoms with Crippen molar-refractivity contribution in [2.24, 2.45) is 5.92 Å². The number of rotatable bonds is 5. The molecule has 2 fully saturated rings. The molecule has 0 aromatic heterocycles. The molecule has 2 saturated heterocycles. The Morgan fingerprint density at radius 2 is 1.59 bits per heavy atom. The van der Waals surface area contributed by atoms with E-state index in [4.69, 9.17) is 0 Å². The lowest BCUT2D eigenvalue weighted by Gasteiger charge is -2.32. The van der Waals surface area contributed by atoms with E-state index in [0.717, 1.165) is 31.6 Å². The zero-order chi connectivity index (χ0) is 24.3. The lowest BCUT2D eigenvalue weighted by molar-refractivity contribution is -0.137. The number of carbonyl (C=O) groups excluding carboxylic acids is 2. The first kappa shape index (κ1) is 24.3. The molecule has 1 N–H and O–H groups in total. The van der Waals surface area contributed by atoms with Crippen molar-refractivity contribution in [2.75, 3.05) is 26.2 Å². The third-order valence-corrected chi connectivity index (χ3v) is 7.01. The molecule has 2 amide bonds. The molecule has 8 heteroatoms. The van der Waals surface area contributed by atoms with Gasteiger partial charge in [0.1, 0.15) is 0 Å². The Hall–Kier alpha value is -2.87. The Morgan fingerprint density at radius 3 is 2.21 bits per heavy atom. The second kappa shape index (κ2) is 10.2. The third-order valence-electron chi connectivity index (χ3n) is 7.01. The lowest BCUT2D eigenvalue weighted by Crippen LogP contribution is -2.46. The van der Waals surface area contributed by atoms with Gasteiger partial charge in [0.25, 0.3) is 5.91 Å². The van der Waals surface area contributed by atoms with E-state index in [0.29, 0.717) is 32.0 Å². The van der Waals surface area contributed by atoms with Crippen molar-refractivity contribution < 1.29 is 22.8 Å². The van der Waals surface area contributed by atoms with E-state index < -0.39 is 11.7 Å². The van der Waals surface area contributed by atoms with Crippen LogP contribution in [0.5, 0.6) is 0 Å². The van der Waals surface area contributed by atoms with Gasteiger partial charge in [-0.2, -0.15) is 13.2 Å². The fraction of sp³-hybridized carbons (Fsp3) is 0.462. The van der Waals surface area contributed by atoms with Gasteiger partial charge in [0.05, 0.1) is 5.56 Å². The minimum Gasteiger partial charge on any atom is -0.352 e.